The van der Waals surface area contributed by atoms with Crippen molar-refractivity contribution in [3.8, 4) is 5.75 Å². The molecule has 0 aliphatic rings. The molecule has 1 unspecified atom stereocenters. The predicted octanol–water partition coefficient (Wildman–Crippen LogP) is 3.66. The SMILES string of the molecule is CCCOc1cccc(C(N)c2ccccc2F)c1. The van der Waals surface area contributed by atoms with Crippen molar-refractivity contribution in [2.45, 2.75) is 19.4 Å². The van der Waals surface area contributed by atoms with E-state index < -0.39 is 6.04 Å². The summed E-state index contributed by atoms with van der Waals surface area (Å²) in [6, 6.07) is 13.6. The molecule has 3 heteroatoms. The lowest BCUT2D eigenvalue weighted by molar-refractivity contribution is 0.317. The Morgan fingerprint density at radius 3 is 2.68 bits per heavy atom. The van der Waals surface area contributed by atoms with Gasteiger partial charge in [0.15, 0.2) is 0 Å². The van der Waals surface area contributed by atoms with E-state index in [1.807, 2.05) is 24.3 Å². The van der Waals surface area contributed by atoms with E-state index in [1.54, 1.807) is 18.2 Å². The van der Waals surface area contributed by atoms with E-state index >= 15 is 0 Å². The van der Waals surface area contributed by atoms with Gasteiger partial charge >= 0.3 is 0 Å². The molecule has 2 nitrogen and oxygen atoms in total. The standard InChI is InChI=1S/C16H18FNO/c1-2-10-19-13-7-5-6-12(11-13)16(18)14-8-3-4-9-15(14)17/h3-9,11,16H,2,10,18H2,1H3. The second kappa shape index (κ2) is 6.34. The van der Waals surface area contributed by atoms with Crippen LogP contribution in [0.25, 0.3) is 0 Å². The molecule has 0 radical (unpaired) electrons. The molecule has 0 amide bonds. The lowest BCUT2D eigenvalue weighted by Gasteiger charge is -2.14. The predicted molar refractivity (Wildman–Crippen MR) is 74.7 cm³/mol. The summed E-state index contributed by atoms with van der Waals surface area (Å²) in [7, 11) is 0. The summed E-state index contributed by atoms with van der Waals surface area (Å²) in [6.45, 7) is 2.72. The Balaban J connectivity index is 2.24. The van der Waals surface area contributed by atoms with Crippen molar-refractivity contribution >= 4 is 0 Å². The van der Waals surface area contributed by atoms with Gasteiger partial charge in [-0.1, -0.05) is 37.3 Å². The highest BCUT2D eigenvalue weighted by Crippen LogP contribution is 2.25. The first-order valence-electron chi connectivity index (χ1n) is 6.45. The Hall–Kier alpha value is -1.87. The molecule has 0 spiro atoms. The Morgan fingerprint density at radius 2 is 1.95 bits per heavy atom. The summed E-state index contributed by atoms with van der Waals surface area (Å²) in [5.41, 5.74) is 7.46. The third kappa shape index (κ3) is 3.32. The summed E-state index contributed by atoms with van der Waals surface area (Å²) in [5.74, 6) is 0.487. The van der Waals surface area contributed by atoms with E-state index in [4.69, 9.17) is 10.5 Å². The molecule has 2 aromatic rings. The summed E-state index contributed by atoms with van der Waals surface area (Å²) in [6.07, 6.45) is 0.948. The first-order chi connectivity index (χ1) is 9.22. The summed E-state index contributed by atoms with van der Waals surface area (Å²) < 4.78 is 19.3. The van der Waals surface area contributed by atoms with Crippen LogP contribution in [0.2, 0.25) is 0 Å². The van der Waals surface area contributed by atoms with Crippen molar-refractivity contribution in [1.82, 2.24) is 0 Å². The maximum atomic E-state index is 13.7. The first kappa shape index (κ1) is 13.6. The van der Waals surface area contributed by atoms with Gasteiger partial charge in [0.2, 0.25) is 0 Å². The minimum Gasteiger partial charge on any atom is -0.494 e. The van der Waals surface area contributed by atoms with Crippen LogP contribution in [0.1, 0.15) is 30.5 Å². The lowest BCUT2D eigenvalue weighted by Crippen LogP contribution is -2.13. The van der Waals surface area contributed by atoms with Crippen LogP contribution in [-0.4, -0.2) is 6.61 Å². The van der Waals surface area contributed by atoms with Gasteiger partial charge in [0.05, 0.1) is 12.6 Å². The van der Waals surface area contributed by atoms with Crippen molar-refractivity contribution in [3.05, 3.63) is 65.5 Å². The number of hydrogen-bond donors (Lipinski definition) is 1. The molecule has 2 rings (SSSR count). The molecule has 2 N–H and O–H groups in total. The van der Waals surface area contributed by atoms with Gasteiger partial charge in [0.25, 0.3) is 0 Å². The third-order valence-corrected chi connectivity index (χ3v) is 2.93. The Morgan fingerprint density at radius 1 is 1.16 bits per heavy atom. The smallest absolute Gasteiger partial charge is 0.128 e. The largest absolute Gasteiger partial charge is 0.494 e. The van der Waals surface area contributed by atoms with Crippen molar-refractivity contribution in [2.24, 2.45) is 5.73 Å². The second-order valence-electron chi connectivity index (χ2n) is 4.42. The van der Waals surface area contributed by atoms with Crippen LogP contribution in [0.4, 0.5) is 4.39 Å². The van der Waals surface area contributed by atoms with Gasteiger partial charge in [-0.25, -0.2) is 4.39 Å². The molecule has 0 fully saturated rings. The fraction of sp³-hybridized carbons (Fsp3) is 0.250. The van der Waals surface area contributed by atoms with Gasteiger partial charge in [0, 0.05) is 5.56 Å². The molecule has 100 valence electrons. The van der Waals surface area contributed by atoms with E-state index in [9.17, 15) is 4.39 Å². The molecule has 0 heterocycles. The van der Waals surface area contributed by atoms with Crippen LogP contribution in [0.3, 0.4) is 0 Å². The molecule has 0 bridgehead atoms. The van der Waals surface area contributed by atoms with E-state index in [0.717, 1.165) is 17.7 Å². The second-order valence-corrected chi connectivity index (χ2v) is 4.42. The number of nitrogens with two attached hydrogens (primary N) is 1. The molecular formula is C16H18FNO. The quantitative estimate of drug-likeness (QED) is 0.889. The first-order valence-corrected chi connectivity index (χ1v) is 6.45. The summed E-state index contributed by atoms with van der Waals surface area (Å²) in [4.78, 5) is 0. The van der Waals surface area contributed by atoms with Gasteiger partial charge in [-0.2, -0.15) is 0 Å². The number of halogens is 1. The highest BCUT2D eigenvalue weighted by Gasteiger charge is 2.13. The monoisotopic (exact) mass is 259 g/mol. The highest BCUT2D eigenvalue weighted by atomic mass is 19.1. The number of rotatable bonds is 5. The normalized spacial score (nSPS) is 12.2. The lowest BCUT2D eigenvalue weighted by atomic mass is 9.99. The summed E-state index contributed by atoms with van der Waals surface area (Å²) in [5, 5.41) is 0. The Kier molecular flexibility index (Phi) is 4.53. The topological polar surface area (TPSA) is 35.2 Å². The van der Waals surface area contributed by atoms with Crippen molar-refractivity contribution in [2.75, 3.05) is 6.61 Å². The molecule has 0 saturated carbocycles. The number of hydrogen-bond acceptors (Lipinski definition) is 2. The average Bonchev–Trinajstić information content (AvgIpc) is 2.45. The highest BCUT2D eigenvalue weighted by molar-refractivity contribution is 5.36. The third-order valence-electron chi connectivity index (χ3n) is 2.93. The van der Waals surface area contributed by atoms with Crippen LogP contribution in [-0.2, 0) is 0 Å². The zero-order valence-electron chi connectivity index (χ0n) is 11.0. The van der Waals surface area contributed by atoms with Crippen LogP contribution in [0.15, 0.2) is 48.5 Å². The van der Waals surface area contributed by atoms with Crippen LogP contribution < -0.4 is 10.5 Å². The van der Waals surface area contributed by atoms with Crippen LogP contribution >= 0.6 is 0 Å². The van der Waals surface area contributed by atoms with Crippen molar-refractivity contribution in [3.63, 3.8) is 0 Å². The average molecular weight is 259 g/mol. The van der Waals surface area contributed by atoms with Crippen molar-refractivity contribution < 1.29 is 9.13 Å². The minimum absolute atomic E-state index is 0.283. The van der Waals surface area contributed by atoms with Gasteiger partial charge in [0.1, 0.15) is 11.6 Å². The minimum atomic E-state index is -0.480. The molecule has 0 saturated heterocycles. The molecular weight excluding hydrogens is 241 g/mol. The number of ether oxygens (including phenoxy) is 1. The van der Waals surface area contributed by atoms with Gasteiger partial charge < -0.3 is 10.5 Å². The fourth-order valence-electron chi connectivity index (χ4n) is 1.92. The molecule has 2 aromatic carbocycles. The van der Waals surface area contributed by atoms with E-state index in [-0.39, 0.29) is 5.82 Å². The molecule has 0 aliphatic heterocycles. The van der Waals surface area contributed by atoms with Crippen LogP contribution in [0.5, 0.6) is 5.75 Å². The van der Waals surface area contributed by atoms with Gasteiger partial charge in [-0.15, -0.1) is 0 Å². The summed E-state index contributed by atoms with van der Waals surface area (Å²) >= 11 is 0. The van der Waals surface area contributed by atoms with E-state index in [1.165, 1.54) is 6.07 Å². The molecule has 0 aliphatic carbocycles. The Bertz CT molecular complexity index is 542. The number of benzene rings is 2. The van der Waals surface area contributed by atoms with E-state index in [0.29, 0.717) is 12.2 Å². The zero-order valence-corrected chi connectivity index (χ0v) is 11.0. The molecule has 0 aromatic heterocycles. The van der Waals surface area contributed by atoms with Gasteiger partial charge in [-0.05, 0) is 30.2 Å². The van der Waals surface area contributed by atoms with Crippen molar-refractivity contribution in [1.29, 1.82) is 0 Å². The maximum absolute atomic E-state index is 13.7. The Labute approximate surface area is 113 Å². The molecule has 1 atom stereocenters. The fourth-order valence-corrected chi connectivity index (χ4v) is 1.92. The maximum Gasteiger partial charge on any atom is 0.128 e. The molecule has 19 heavy (non-hydrogen) atoms. The van der Waals surface area contributed by atoms with Gasteiger partial charge in [-0.3, -0.25) is 0 Å². The van der Waals surface area contributed by atoms with E-state index in [2.05, 4.69) is 6.92 Å². The van der Waals surface area contributed by atoms with Crippen LogP contribution in [0, 0.1) is 5.82 Å². The zero-order chi connectivity index (χ0) is 13.7.